The number of benzene rings is 1. The number of piperazine rings is 1. The van der Waals surface area contributed by atoms with Gasteiger partial charge in [-0.25, -0.2) is 4.98 Å². The molecule has 2 aliphatic heterocycles. The molecule has 1 N–H and O–H groups in total. The number of carbonyl (C=O) groups is 2. The molecule has 0 radical (unpaired) electrons. The van der Waals surface area contributed by atoms with Crippen molar-refractivity contribution in [1.82, 2.24) is 20.1 Å². The molecule has 0 saturated carbocycles. The predicted molar refractivity (Wildman–Crippen MR) is 142 cm³/mol. The molecule has 2 amide bonds. The fourth-order valence-electron chi connectivity index (χ4n) is 5.23. The fourth-order valence-corrected chi connectivity index (χ4v) is 5.51. The number of piperidine rings is 1. The molecule has 1 atom stereocenters. The average molecular weight is 511 g/mol. The van der Waals surface area contributed by atoms with Crippen molar-refractivity contribution in [2.24, 2.45) is 0 Å². The van der Waals surface area contributed by atoms with E-state index in [0.717, 1.165) is 57.8 Å². The summed E-state index contributed by atoms with van der Waals surface area (Å²) in [7, 11) is 0. The molecule has 2 saturated heterocycles. The molecule has 1 aromatic heterocycles. The van der Waals surface area contributed by atoms with Crippen LogP contribution in [0.4, 0.5) is 5.82 Å². The number of rotatable bonds is 6. The lowest BCUT2D eigenvalue weighted by molar-refractivity contribution is 0.0490. The van der Waals surface area contributed by atoms with E-state index in [0.29, 0.717) is 40.3 Å². The molecule has 9 heteroatoms. The minimum absolute atomic E-state index is 0. The molecule has 3 heterocycles. The van der Waals surface area contributed by atoms with E-state index in [1.807, 2.05) is 11.8 Å². The van der Waals surface area contributed by atoms with Crippen LogP contribution >= 0.6 is 11.6 Å². The zero-order valence-corrected chi connectivity index (χ0v) is 21.7. The number of halogens is 1. The third-order valence-electron chi connectivity index (χ3n) is 7.20. The number of nitrogens with zero attached hydrogens (tertiary/aromatic N) is 5. The summed E-state index contributed by atoms with van der Waals surface area (Å²) in [5.41, 5.74) is 1.66. The molecule has 0 spiro atoms. The number of pyridine rings is 1. The number of carbonyl (C=O) groups excluding carboxylic acids is 2. The van der Waals surface area contributed by atoms with Gasteiger partial charge in [0.15, 0.2) is 0 Å². The highest BCUT2D eigenvalue weighted by Crippen LogP contribution is 2.29. The molecule has 4 rings (SSSR count). The van der Waals surface area contributed by atoms with Crippen LogP contribution in [0.2, 0.25) is 5.02 Å². The van der Waals surface area contributed by atoms with Crippen LogP contribution < -0.4 is 10.2 Å². The van der Waals surface area contributed by atoms with Crippen molar-refractivity contribution in [2.75, 3.05) is 44.2 Å². The SMILES string of the molecule is CCNC(=O)c1cnc(N2CCN(C3CCN(C(=O)c4ccc(C#N)cc4)CC3)[C@@H](CC)C2)c(Cl)c1.[HH]. The number of hydrogen-bond donors (Lipinski definition) is 1. The van der Waals surface area contributed by atoms with Crippen LogP contribution in [-0.4, -0.2) is 78.0 Å². The monoisotopic (exact) mass is 510 g/mol. The maximum atomic E-state index is 12.9. The van der Waals surface area contributed by atoms with Crippen molar-refractivity contribution < 1.29 is 11.0 Å². The lowest BCUT2D eigenvalue weighted by atomic mass is 9.97. The van der Waals surface area contributed by atoms with Crippen LogP contribution in [0.1, 0.15) is 60.8 Å². The van der Waals surface area contributed by atoms with E-state index in [1.54, 1.807) is 36.5 Å². The Balaban J connectivity index is 0.00000380. The number of nitriles is 1. The van der Waals surface area contributed by atoms with E-state index < -0.39 is 0 Å². The van der Waals surface area contributed by atoms with Gasteiger partial charge in [0.1, 0.15) is 5.82 Å². The number of amides is 2. The number of hydrogen-bond acceptors (Lipinski definition) is 6. The Morgan fingerprint density at radius 2 is 1.86 bits per heavy atom. The van der Waals surface area contributed by atoms with Crippen LogP contribution in [0.5, 0.6) is 0 Å². The van der Waals surface area contributed by atoms with Crippen molar-refractivity contribution >= 4 is 29.2 Å². The number of anilines is 1. The maximum Gasteiger partial charge on any atom is 0.253 e. The molecule has 1 aromatic carbocycles. The molecule has 2 aromatic rings. The van der Waals surface area contributed by atoms with Crippen molar-refractivity contribution in [1.29, 1.82) is 5.26 Å². The van der Waals surface area contributed by atoms with Gasteiger partial charge >= 0.3 is 0 Å². The first kappa shape index (κ1) is 25.9. The predicted octanol–water partition coefficient (Wildman–Crippen LogP) is 3.81. The third kappa shape index (κ3) is 5.63. The van der Waals surface area contributed by atoms with Gasteiger partial charge in [0.2, 0.25) is 0 Å². The van der Waals surface area contributed by atoms with Crippen LogP contribution in [-0.2, 0) is 0 Å². The summed E-state index contributed by atoms with van der Waals surface area (Å²) < 4.78 is 0. The van der Waals surface area contributed by atoms with E-state index in [4.69, 9.17) is 16.9 Å². The van der Waals surface area contributed by atoms with E-state index in [9.17, 15) is 9.59 Å². The highest BCUT2D eigenvalue weighted by Gasteiger charge is 2.35. The summed E-state index contributed by atoms with van der Waals surface area (Å²) in [4.78, 5) is 36.3. The quantitative estimate of drug-likeness (QED) is 0.635. The minimum atomic E-state index is -0.168. The topological polar surface area (TPSA) is 92.6 Å². The van der Waals surface area contributed by atoms with E-state index in [-0.39, 0.29) is 13.2 Å². The van der Waals surface area contributed by atoms with Gasteiger partial charge in [-0.15, -0.1) is 0 Å². The maximum absolute atomic E-state index is 12.9. The molecule has 36 heavy (non-hydrogen) atoms. The molecule has 2 fully saturated rings. The Labute approximate surface area is 219 Å². The average Bonchev–Trinajstić information content (AvgIpc) is 2.92. The van der Waals surface area contributed by atoms with Crippen molar-refractivity contribution in [3.05, 3.63) is 58.2 Å². The normalized spacial score (nSPS) is 19.1. The Morgan fingerprint density at radius 1 is 1.14 bits per heavy atom. The Bertz CT molecular complexity index is 1130. The molecule has 192 valence electrons. The highest BCUT2D eigenvalue weighted by molar-refractivity contribution is 6.33. The van der Waals surface area contributed by atoms with Crippen LogP contribution in [0.3, 0.4) is 0 Å². The van der Waals surface area contributed by atoms with Crippen molar-refractivity contribution in [2.45, 2.75) is 45.2 Å². The summed E-state index contributed by atoms with van der Waals surface area (Å²) >= 11 is 6.54. The molecular weight excluding hydrogens is 476 g/mol. The smallest absolute Gasteiger partial charge is 0.253 e. The summed E-state index contributed by atoms with van der Waals surface area (Å²) in [5, 5.41) is 12.2. The standard InChI is InChI=1S/C27H33ClN6O2.H2/c1-3-22-18-33(25-24(28)15-21(17-31-25)26(35)30-4-2)13-14-34(22)23-9-11-32(12-10-23)27(36)20-7-5-19(16-29)6-8-20;/h5-8,15,17,22-23H,3-4,9-14,18H2,1-2H3,(H,30,35);1H/t22-;/m0./s1. The summed E-state index contributed by atoms with van der Waals surface area (Å²) in [6.07, 6.45) is 4.49. The summed E-state index contributed by atoms with van der Waals surface area (Å²) in [6, 6.07) is 11.5. The first-order valence-corrected chi connectivity index (χ1v) is 13.1. The number of aromatic nitrogens is 1. The largest absolute Gasteiger partial charge is 0.353 e. The van der Waals surface area contributed by atoms with Crippen LogP contribution in [0.15, 0.2) is 36.5 Å². The lowest BCUT2D eigenvalue weighted by Gasteiger charge is -2.47. The zero-order valence-electron chi connectivity index (χ0n) is 20.9. The summed E-state index contributed by atoms with van der Waals surface area (Å²) in [6.45, 7) is 8.65. The van der Waals surface area contributed by atoms with Crippen molar-refractivity contribution in [3.63, 3.8) is 0 Å². The third-order valence-corrected chi connectivity index (χ3v) is 7.48. The zero-order chi connectivity index (χ0) is 25.7. The van der Waals surface area contributed by atoms with Gasteiger partial charge in [0.05, 0.1) is 22.2 Å². The second-order valence-electron chi connectivity index (χ2n) is 9.35. The summed E-state index contributed by atoms with van der Waals surface area (Å²) in [5.74, 6) is 0.593. The van der Waals surface area contributed by atoms with Gasteiger partial charge in [-0.3, -0.25) is 14.5 Å². The van der Waals surface area contributed by atoms with E-state index in [2.05, 4.69) is 33.1 Å². The molecule has 0 unspecified atom stereocenters. The Hall–Kier alpha value is -3.15. The molecule has 0 bridgehead atoms. The second-order valence-corrected chi connectivity index (χ2v) is 9.75. The van der Waals surface area contributed by atoms with Gasteiger partial charge in [0.25, 0.3) is 11.8 Å². The van der Waals surface area contributed by atoms with Gasteiger partial charge in [-0.2, -0.15) is 5.26 Å². The Kier molecular flexibility index (Phi) is 8.44. The number of nitrogens with one attached hydrogen (secondary N) is 1. The Morgan fingerprint density at radius 3 is 2.47 bits per heavy atom. The number of likely N-dealkylation sites (tertiary alicyclic amines) is 1. The van der Waals surface area contributed by atoms with Crippen LogP contribution in [0.25, 0.3) is 0 Å². The molecular formula is C27H35ClN6O2. The van der Waals surface area contributed by atoms with Gasteiger partial charge in [-0.1, -0.05) is 18.5 Å². The van der Waals surface area contributed by atoms with Crippen LogP contribution in [0, 0.1) is 11.3 Å². The molecule has 2 aliphatic rings. The van der Waals surface area contributed by atoms with E-state index >= 15 is 0 Å². The first-order valence-electron chi connectivity index (χ1n) is 12.7. The lowest BCUT2D eigenvalue weighted by Crippen LogP contribution is -2.58. The van der Waals surface area contributed by atoms with Gasteiger partial charge in [-0.05, 0) is 56.5 Å². The van der Waals surface area contributed by atoms with Crippen molar-refractivity contribution in [3.8, 4) is 6.07 Å². The highest BCUT2D eigenvalue weighted by atomic mass is 35.5. The second kappa shape index (κ2) is 11.7. The van der Waals surface area contributed by atoms with E-state index in [1.165, 1.54) is 0 Å². The van der Waals surface area contributed by atoms with Gasteiger partial charge < -0.3 is 15.1 Å². The fraction of sp³-hybridized carbons (Fsp3) is 0.481. The molecule has 0 aliphatic carbocycles. The first-order chi connectivity index (χ1) is 17.4. The van der Waals surface area contributed by atoms with Gasteiger partial charge in [0, 0.05) is 64.5 Å². The minimum Gasteiger partial charge on any atom is -0.353 e. The molecule has 8 nitrogen and oxygen atoms in total.